The van der Waals surface area contributed by atoms with Crippen LogP contribution < -0.4 is 0 Å². The molecule has 0 aliphatic heterocycles. The van der Waals surface area contributed by atoms with Crippen LogP contribution in [0.25, 0.3) is 0 Å². The molecule has 98 valence electrons. The lowest BCUT2D eigenvalue weighted by atomic mass is 9.78. The van der Waals surface area contributed by atoms with Crippen molar-refractivity contribution < 1.29 is 10.2 Å². The summed E-state index contributed by atoms with van der Waals surface area (Å²) in [4.78, 5) is 0. The Morgan fingerprint density at radius 3 is 2.47 bits per heavy atom. The van der Waals surface area contributed by atoms with E-state index in [0.29, 0.717) is 0 Å². The zero-order valence-electron chi connectivity index (χ0n) is 11.7. The Morgan fingerprint density at radius 1 is 1.41 bits per heavy atom. The minimum Gasteiger partial charge on any atom is -0.390 e. The fraction of sp³-hybridized carbons (Fsp3) is 0.733. The average molecular weight is 238 g/mol. The van der Waals surface area contributed by atoms with Gasteiger partial charge >= 0.3 is 0 Å². The summed E-state index contributed by atoms with van der Waals surface area (Å²) >= 11 is 0. The Morgan fingerprint density at radius 2 is 2.00 bits per heavy atom. The van der Waals surface area contributed by atoms with Crippen molar-refractivity contribution in [3.8, 4) is 0 Å². The van der Waals surface area contributed by atoms with Crippen molar-refractivity contribution >= 4 is 0 Å². The van der Waals surface area contributed by atoms with Gasteiger partial charge in [0, 0.05) is 5.92 Å². The number of aliphatic hydroxyl groups is 2. The number of rotatable bonds is 3. The van der Waals surface area contributed by atoms with Gasteiger partial charge in [0.1, 0.15) is 0 Å². The molecule has 0 heterocycles. The highest BCUT2D eigenvalue weighted by atomic mass is 16.3. The highest BCUT2D eigenvalue weighted by Crippen LogP contribution is 2.46. The van der Waals surface area contributed by atoms with Gasteiger partial charge in [0.15, 0.2) is 0 Å². The van der Waals surface area contributed by atoms with Crippen molar-refractivity contribution in [1.29, 1.82) is 0 Å². The van der Waals surface area contributed by atoms with Crippen molar-refractivity contribution in [3.63, 3.8) is 0 Å². The summed E-state index contributed by atoms with van der Waals surface area (Å²) in [5, 5.41) is 20.6. The van der Waals surface area contributed by atoms with Gasteiger partial charge in [0.2, 0.25) is 0 Å². The Labute approximate surface area is 105 Å². The molecule has 2 heteroatoms. The predicted octanol–water partition coefficient (Wildman–Crippen LogP) is 3.06. The maximum absolute atomic E-state index is 10.4. The van der Waals surface area contributed by atoms with E-state index in [1.54, 1.807) is 0 Å². The Balaban J connectivity index is 2.93. The standard InChI is InChI=1S/C15H26O2/c1-6-11(2)7-8-13-12(14(3,4)16)9-10-15(13,5)17/h6-8,12-13,16-17H,9-10H2,1-5H3. The lowest BCUT2D eigenvalue weighted by Gasteiger charge is -2.33. The second-order valence-electron chi connectivity index (χ2n) is 6.07. The molecule has 3 unspecified atom stereocenters. The summed E-state index contributed by atoms with van der Waals surface area (Å²) in [5.41, 5.74) is -0.253. The highest BCUT2D eigenvalue weighted by Gasteiger charge is 2.47. The number of hydrogen-bond donors (Lipinski definition) is 2. The topological polar surface area (TPSA) is 40.5 Å². The molecular formula is C15H26O2. The summed E-state index contributed by atoms with van der Waals surface area (Å²) in [7, 11) is 0. The Kier molecular flexibility index (Phi) is 4.21. The van der Waals surface area contributed by atoms with Crippen LogP contribution in [0.5, 0.6) is 0 Å². The van der Waals surface area contributed by atoms with Crippen LogP contribution in [-0.4, -0.2) is 21.4 Å². The molecule has 0 spiro atoms. The molecule has 0 bridgehead atoms. The van der Waals surface area contributed by atoms with Gasteiger partial charge in [-0.2, -0.15) is 0 Å². The largest absolute Gasteiger partial charge is 0.390 e. The van der Waals surface area contributed by atoms with E-state index in [1.807, 2.05) is 46.8 Å². The molecule has 1 fully saturated rings. The minimum absolute atomic E-state index is 0.0254. The van der Waals surface area contributed by atoms with Crippen LogP contribution in [0.2, 0.25) is 0 Å². The third-order valence-corrected chi connectivity index (χ3v) is 4.04. The summed E-state index contributed by atoms with van der Waals surface area (Å²) in [6, 6.07) is 0. The maximum atomic E-state index is 10.4. The number of hydrogen-bond acceptors (Lipinski definition) is 2. The quantitative estimate of drug-likeness (QED) is 0.742. The van der Waals surface area contributed by atoms with Gasteiger partial charge in [-0.3, -0.25) is 0 Å². The molecule has 1 aliphatic carbocycles. The van der Waals surface area contributed by atoms with Crippen molar-refractivity contribution in [2.24, 2.45) is 11.8 Å². The van der Waals surface area contributed by atoms with Crippen LogP contribution >= 0.6 is 0 Å². The first kappa shape index (κ1) is 14.5. The van der Waals surface area contributed by atoms with Gasteiger partial charge in [-0.1, -0.05) is 23.8 Å². The molecule has 2 N–H and O–H groups in total. The summed E-state index contributed by atoms with van der Waals surface area (Å²) in [6.07, 6.45) is 7.78. The van der Waals surface area contributed by atoms with Crippen molar-refractivity contribution in [3.05, 3.63) is 23.8 Å². The lowest BCUT2D eigenvalue weighted by Crippen LogP contribution is -2.39. The fourth-order valence-electron chi connectivity index (χ4n) is 2.71. The molecule has 0 aromatic carbocycles. The molecule has 0 aromatic rings. The van der Waals surface area contributed by atoms with Crippen LogP contribution in [0.4, 0.5) is 0 Å². The van der Waals surface area contributed by atoms with Gasteiger partial charge in [-0.25, -0.2) is 0 Å². The normalized spacial score (nSPS) is 35.8. The first-order valence-corrected chi connectivity index (χ1v) is 6.44. The van der Waals surface area contributed by atoms with Gasteiger partial charge in [-0.05, 0) is 53.4 Å². The van der Waals surface area contributed by atoms with Crippen molar-refractivity contribution in [2.45, 2.75) is 58.7 Å². The minimum atomic E-state index is -0.737. The molecule has 0 saturated heterocycles. The van der Waals surface area contributed by atoms with Gasteiger partial charge in [-0.15, -0.1) is 0 Å². The third kappa shape index (κ3) is 3.43. The van der Waals surface area contributed by atoms with E-state index >= 15 is 0 Å². The van der Waals surface area contributed by atoms with E-state index in [9.17, 15) is 10.2 Å². The maximum Gasteiger partial charge on any atom is 0.0686 e. The Hall–Kier alpha value is -0.600. The molecule has 1 rings (SSSR count). The molecular weight excluding hydrogens is 212 g/mol. The summed E-state index contributed by atoms with van der Waals surface area (Å²) < 4.78 is 0. The van der Waals surface area contributed by atoms with E-state index in [0.717, 1.165) is 12.8 Å². The second-order valence-corrected chi connectivity index (χ2v) is 6.07. The van der Waals surface area contributed by atoms with E-state index in [-0.39, 0.29) is 11.8 Å². The predicted molar refractivity (Wildman–Crippen MR) is 71.7 cm³/mol. The van der Waals surface area contributed by atoms with Crippen LogP contribution in [-0.2, 0) is 0 Å². The molecule has 2 nitrogen and oxygen atoms in total. The smallest absolute Gasteiger partial charge is 0.0686 e. The van der Waals surface area contributed by atoms with Crippen LogP contribution in [0, 0.1) is 11.8 Å². The number of allylic oxidation sites excluding steroid dienone is 3. The third-order valence-electron chi connectivity index (χ3n) is 4.04. The first-order valence-electron chi connectivity index (χ1n) is 6.44. The molecule has 3 atom stereocenters. The van der Waals surface area contributed by atoms with Gasteiger partial charge < -0.3 is 10.2 Å². The van der Waals surface area contributed by atoms with Crippen LogP contribution in [0.3, 0.4) is 0 Å². The summed E-state index contributed by atoms with van der Waals surface area (Å²) in [5.74, 6) is 0.149. The van der Waals surface area contributed by atoms with E-state index in [2.05, 4.69) is 6.08 Å². The molecule has 0 aromatic heterocycles. The molecule has 17 heavy (non-hydrogen) atoms. The Bertz CT molecular complexity index is 318. The van der Waals surface area contributed by atoms with E-state index < -0.39 is 11.2 Å². The van der Waals surface area contributed by atoms with Gasteiger partial charge in [0.25, 0.3) is 0 Å². The van der Waals surface area contributed by atoms with Gasteiger partial charge in [0.05, 0.1) is 11.2 Å². The first-order chi connectivity index (χ1) is 7.68. The molecule has 0 amide bonds. The van der Waals surface area contributed by atoms with Crippen molar-refractivity contribution in [2.75, 3.05) is 0 Å². The van der Waals surface area contributed by atoms with Crippen LogP contribution in [0.15, 0.2) is 23.8 Å². The van der Waals surface area contributed by atoms with Crippen molar-refractivity contribution in [1.82, 2.24) is 0 Å². The highest BCUT2D eigenvalue weighted by molar-refractivity contribution is 5.19. The van der Waals surface area contributed by atoms with E-state index in [4.69, 9.17) is 0 Å². The SMILES string of the molecule is CC=C(C)C=CC1C(C(C)(C)O)CCC1(C)O. The van der Waals surface area contributed by atoms with Crippen LogP contribution in [0.1, 0.15) is 47.5 Å². The molecule has 0 radical (unpaired) electrons. The van der Waals surface area contributed by atoms with E-state index in [1.165, 1.54) is 5.57 Å². The summed E-state index contributed by atoms with van der Waals surface area (Å²) in [6.45, 7) is 9.59. The zero-order valence-corrected chi connectivity index (χ0v) is 11.7. The average Bonchev–Trinajstić information content (AvgIpc) is 2.49. The lowest BCUT2D eigenvalue weighted by molar-refractivity contribution is -0.0294. The zero-order chi connectivity index (χ0) is 13.3. The molecule has 1 saturated carbocycles. The second kappa shape index (κ2) is 4.95. The fourth-order valence-corrected chi connectivity index (χ4v) is 2.71. The molecule has 1 aliphatic rings. The monoisotopic (exact) mass is 238 g/mol.